The van der Waals surface area contributed by atoms with Crippen molar-refractivity contribution in [3.8, 4) is 0 Å². The van der Waals surface area contributed by atoms with Gasteiger partial charge in [0.2, 0.25) is 0 Å². The van der Waals surface area contributed by atoms with Gasteiger partial charge in [-0.3, -0.25) is 4.68 Å². The Balaban J connectivity index is 2.22. The topological polar surface area (TPSA) is 47.7 Å². The van der Waals surface area contributed by atoms with Gasteiger partial charge in [0.05, 0.1) is 6.54 Å². The van der Waals surface area contributed by atoms with Crippen LogP contribution in [0.4, 0.5) is 0 Å². The molecule has 2 heterocycles. The molecule has 0 amide bonds. The summed E-state index contributed by atoms with van der Waals surface area (Å²) in [7, 11) is 3.87. The van der Waals surface area contributed by atoms with Crippen molar-refractivity contribution in [2.75, 3.05) is 7.05 Å². The van der Waals surface area contributed by atoms with Crippen LogP contribution >= 0.6 is 0 Å². The van der Waals surface area contributed by atoms with Gasteiger partial charge >= 0.3 is 0 Å². The van der Waals surface area contributed by atoms with Crippen LogP contribution in [0.25, 0.3) is 0 Å². The van der Waals surface area contributed by atoms with E-state index in [-0.39, 0.29) is 0 Å². The van der Waals surface area contributed by atoms with Gasteiger partial charge in [-0.15, -0.1) is 0 Å². The van der Waals surface area contributed by atoms with Crippen LogP contribution in [0.3, 0.4) is 0 Å². The summed E-state index contributed by atoms with van der Waals surface area (Å²) in [5.41, 5.74) is 1.26. The largest absolute Gasteiger partial charge is 0.342 e. The van der Waals surface area contributed by atoms with E-state index >= 15 is 0 Å². The Labute approximate surface area is 95.1 Å². The second-order valence-corrected chi connectivity index (χ2v) is 3.87. The second kappa shape index (κ2) is 4.49. The quantitative estimate of drug-likeness (QED) is 0.832. The molecule has 2 rings (SSSR count). The number of aromatic nitrogens is 4. The van der Waals surface area contributed by atoms with Gasteiger partial charge in [-0.1, -0.05) is 0 Å². The molecule has 1 unspecified atom stereocenters. The molecule has 2 aromatic rings. The summed E-state index contributed by atoms with van der Waals surface area (Å²) in [6, 6.07) is 4.51. The van der Waals surface area contributed by atoms with E-state index in [0.717, 1.165) is 12.4 Å². The first kappa shape index (κ1) is 10.9. The number of aryl methyl sites for hydroxylation is 1. The van der Waals surface area contributed by atoms with Crippen molar-refractivity contribution < 1.29 is 0 Å². The minimum Gasteiger partial charge on any atom is -0.342 e. The van der Waals surface area contributed by atoms with Crippen LogP contribution in [0.1, 0.15) is 24.5 Å². The molecule has 2 aromatic heterocycles. The summed E-state index contributed by atoms with van der Waals surface area (Å²) in [6.45, 7) is 2.90. The Kier molecular flexibility index (Phi) is 3.05. The molecular formula is C11H17N5. The molecule has 0 saturated carbocycles. The van der Waals surface area contributed by atoms with Crippen molar-refractivity contribution in [2.45, 2.75) is 19.5 Å². The molecule has 0 radical (unpaired) electrons. The van der Waals surface area contributed by atoms with Crippen LogP contribution < -0.4 is 5.32 Å². The SMILES string of the molecule is CNC(C)c1cccn1Cc1ncnn1C. The Hall–Kier alpha value is -1.62. The molecule has 0 aromatic carbocycles. The van der Waals surface area contributed by atoms with Gasteiger partial charge in [0, 0.05) is 25.0 Å². The Bertz CT molecular complexity index is 456. The summed E-state index contributed by atoms with van der Waals surface area (Å²) < 4.78 is 3.99. The maximum absolute atomic E-state index is 4.23. The number of rotatable bonds is 4. The molecule has 0 fully saturated rings. The van der Waals surface area contributed by atoms with Gasteiger partial charge in [-0.25, -0.2) is 4.98 Å². The molecule has 1 N–H and O–H groups in total. The van der Waals surface area contributed by atoms with E-state index < -0.39 is 0 Å². The minimum absolute atomic E-state index is 0.336. The molecule has 0 aliphatic heterocycles. The fraction of sp³-hybridized carbons (Fsp3) is 0.455. The molecule has 0 spiro atoms. The van der Waals surface area contributed by atoms with E-state index in [4.69, 9.17) is 0 Å². The van der Waals surface area contributed by atoms with Crippen molar-refractivity contribution in [1.82, 2.24) is 24.6 Å². The average Bonchev–Trinajstić information content (AvgIpc) is 2.88. The predicted molar refractivity (Wildman–Crippen MR) is 62.0 cm³/mol. The van der Waals surface area contributed by atoms with E-state index in [1.165, 1.54) is 5.69 Å². The highest BCUT2D eigenvalue weighted by atomic mass is 15.3. The maximum Gasteiger partial charge on any atom is 0.146 e. The smallest absolute Gasteiger partial charge is 0.146 e. The molecule has 0 bridgehead atoms. The third-order valence-corrected chi connectivity index (χ3v) is 2.86. The summed E-state index contributed by atoms with van der Waals surface area (Å²) in [5, 5.41) is 7.31. The summed E-state index contributed by atoms with van der Waals surface area (Å²) in [5.74, 6) is 0.959. The number of hydrogen-bond acceptors (Lipinski definition) is 3. The highest BCUT2D eigenvalue weighted by molar-refractivity contribution is 5.12. The summed E-state index contributed by atoms with van der Waals surface area (Å²) in [4.78, 5) is 4.23. The van der Waals surface area contributed by atoms with Crippen molar-refractivity contribution >= 4 is 0 Å². The summed E-state index contributed by atoms with van der Waals surface area (Å²) in [6.07, 6.45) is 3.65. The molecule has 1 atom stereocenters. The number of nitrogens with one attached hydrogen (secondary N) is 1. The molecule has 5 heteroatoms. The molecule has 0 saturated heterocycles. The highest BCUT2D eigenvalue weighted by Crippen LogP contribution is 2.13. The van der Waals surface area contributed by atoms with Crippen molar-refractivity contribution in [2.24, 2.45) is 7.05 Å². The van der Waals surface area contributed by atoms with Crippen LogP contribution in [0.5, 0.6) is 0 Å². The third kappa shape index (κ3) is 1.99. The van der Waals surface area contributed by atoms with Gasteiger partial charge in [0.1, 0.15) is 12.2 Å². The highest BCUT2D eigenvalue weighted by Gasteiger charge is 2.09. The Morgan fingerprint density at radius 3 is 2.94 bits per heavy atom. The van der Waals surface area contributed by atoms with Gasteiger partial charge in [0.25, 0.3) is 0 Å². The lowest BCUT2D eigenvalue weighted by Crippen LogP contribution is -2.17. The van der Waals surface area contributed by atoms with Gasteiger partial charge in [-0.2, -0.15) is 5.10 Å². The Morgan fingerprint density at radius 2 is 2.31 bits per heavy atom. The van der Waals surface area contributed by atoms with Crippen molar-refractivity contribution in [3.63, 3.8) is 0 Å². The van der Waals surface area contributed by atoms with E-state index in [9.17, 15) is 0 Å². The molecule has 0 aliphatic rings. The first-order valence-corrected chi connectivity index (χ1v) is 5.37. The second-order valence-electron chi connectivity index (χ2n) is 3.87. The number of hydrogen-bond donors (Lipinski definition) is 1. The summed E-state index contributed by atoms with van der Waals surface area (Å²) >= 11 is 0. The molecule has 0 aliphatic carbocycles. The van der Waals surface area contributed by atoms with E-state index in [2.05, 4.69) is 45.2 Å². The van der Waals surface area contributed by atoms with Crippen molar-refractivity contribution in [3.05, 3.63) is 36.2 Å². The minimum atomic E-state index is 0.336. The van der Waals surface area contributed by atoms with E-state index in [1.54, 1.807) is 11.0 Å². The first-order valence-electron chi connectivity index (χ1n) is 5.37. The van der Waals surface area contributed by atoms with Gasteiger partial charge in [0.15, 0.2) is 0 Å². The van der Waals surface area contributed by atoms with E-state index in [1.807, 2.05) is 14.1 Å². The molecule has 16 heavy (non-hydrogen) atoms. The zero-order chi connectivity index (χ0) is 11.5. The standard InChI is InChI=1S/C11H17N5/c1-9(12-2)10-5-4-6-16(10)7-11-13-8-14-15(11)3/h4-6,8-9,12H,7H2,1-3H3. The van der Waals surface area contributed by atoms with Crippen LogP contribution in [0.2, 0.25) is 0 Å². The third-order valence-electron chi connectivity index (χ3n) is 2.86. The normalized spacial score (nSPS) is 12.9. The monoisotopic (exact) mass is 219 g/mol. The fourth-order valence-electron chi connectivity index (χ4n) is 1.73. The molecule has 5 nitrogen and oxygen atoms in total. The lowest BCUT2D eigenvalue weighted by molar-refractivity contribution is 0.570. The van der Waals surface area contributed by atoms with Crippen LogP contribution in [0.15, 0.2) is 24.7 Å². The Morgan fingerprint density at radius 1 is 1.50 bits per heavy atom. The van der Waals surface area contributed by atoms with Gasteiger partial charge < -0.3 is 9.88 Å². The predicted octanol–water partition coefficient (Wildman–Crippen LogP) is 0.945. The zero-order valence-electron chi connectivity index (χ0n) is 9.88. The molecule has 86 valence electrons. The van der Waals surface area contributed by atoms with Crippen LogP contribution in [-0.4, -0.2) is 26.4 Å². The zero-order valence-corrected chi connectivity index (χ0v) is 9.88. The lowest BCUT2D eigenvalue weighted by atomic mass is 10.2. The van der Waals surface area contributed by atoms with Crippen molar-refractivity contribution in [1.29, 1.82) is 0 Å². The lowest BCUT2D eigenvalue weighted by Gasteiger charge is -2.14. The average molecular weight is 219 g/mol. The van der Waals surface area contributed by atoms with E-state index in [0.29, 0.717) is 6.04 Å². The van der Waals surface area contributed by atoms with Crippen LogP contribution in [-0.2, 0) is 13.6 Å². The molecular weight excluding hydrogens is 202 g/mol. The van der Waals surface area contributed by atoms with Crippen LogP contribution in [0, 0.1) is 0 Å². The maximum atomic E-state index is 4.23. The first-order chi connectivity index (χ1) is 7.72. The van der Waals surface area contributed by atoms with Gasteiger partial charge in [-0.05, 0) is 26.1 Å². The number of nitrogens with zero attached hydrogens (tertiary/aromatic N) is 4. The fourth-order valence-corrected chi connectivity index (χ4v) is 1.73.